The van der Waals surface area contributed by atoms with E-state index in [0.29, 0.717) is 23.5 Å². The molecule has 7 heteroatoms. The van der Waals surface area contributed by atoms with Crippen LogP contribution in [0.3, 0.4) is 0 Å². The Labute approximate surface area is 144 Å². The second-order valence-corrected chi connectivity index (χ2v) is 5.73. The number of benzene rings is 2. The van der Waals surface area contributed by atoms with Crippen LogP contribution in [-0.2, 0) is 6.42 Å². The lowest BCUT2D eigenvalue weighted by atomic mass is 10.1. The Hall–Kier alpha value is -2.60. The number of carbonyl (C=O) groups is 1. The summed E-state index contributed by atoms with van der Waals surface area (Å²) in [6.07, 6.45) is 0.300. The molecule has 0 saturated carbocycles. The fraction of sp³-hybridized carbons (Fsp3) is 0.235. The Morgan fingerprint density at radius 2 is 1.92 bits per heavy atom. The van der Waals surface area contributed by atoms with E-state index in [1.165, 1.54) is 17.6 Å². The molecule has 0 bridgehead atoms. The number of aromatic carboxylic acids is 1. The number of carboxylic acids is 1. The highest BCUT2D eigenvalue weighted by Gasteiger charge is 2.34. The zero-order chi connectivity index (χ0) is 17.3. The summed E-state index contributed by atoms with van der Waals surface area (Å²) in [6.45, 7) is 0. The third kappa shape index (κ3) is 2.80. The van der Waals surface area contributed by atoms with E-state index in [-0.39, 0.29) is 11.7 Å². The average Bonchev–Trinajstić information content (AvgIpc) is 2.91. The first-order valence-corrected chi connectivity index (χ1v) is 7.67. The highest BCUT2D eigenvalue weighted by molar-refractivity contribution is 6.29. The molecule has 126 valence electrons. The molecule has 0 spiro atoms. The van der Waals surface area contributed by atoms with Crippen molar-refractivity contribution in [2.75, 3.05) is 24.0 Å². The molecule has 2 N–H and O–H groups in total. The van der Waals surface area contributed by atoms with Crippen molar-refractivity contribution >= 4 is 29.1 Å². The molecule has 3 rings (SSSR count). The van der Waals surface area contributed by atoms with Crippen LogP contribution in [0.1, 0.15) is 15.9 Å². The first-order chi connectivity index (χ1) is 11.5. The molecule has 0 aliphatic carbocycles. The molecule has 1 heterocycles. The Bertz CT molecular complexity index is 764. The number of hydrogen-bond donors (Lipinski definition) is 2. The highest BCUT2D eigenvalue weighted by atomic mass is 35.5. The van der Waals surface area contributed by atoms with E-state index >= 15 is 0 Å². The summed E-state index contributed by atoms with van der Waals surface area (Å²) in [5, 5.41) is 12.6. The topological polar surface area (TPSA) is 71.0 Å². The number of carboxylic acid groups (broad SMARTS) is 1. The zero-order valence-corrected chi connectivity index (χ0v) is 14.0. The normalized spacial score (nSPS) is 15.6. The van der Waals surface area contributed by atoms with Crippen molar-refractivity contribution in [3.8, 4) is 11.5 Å². The quantitative estimate of drug-likeness (QED) is 0.807. The second-order valence-electron chi connectivity index (χ2n) is 5.37. The van der Waals surface area contributed by atoms with Crippen molar-refractivity contribution in [2.45, 2.75) is 12.6 Å². The molecule has 1 aliphatic heterocycles. The molecular formula is C17H17ClN2O4. The van der Waals surface area contributed by atoms with Gasteiger partial charge < -0.3 is 19.9 Å². The summed E-state index contributed by atoms with van der Waals surface area (Å²) < 4.78 is 12.0. The van der Waals surface area contributed by atoms with E-state index in [2.05, 4.69) is 5.32 Å². The second kappa shape index (κ2) is 6.49. The van der Waals surface area contributed by atoms with Crippen LogP contribution in [0.2, 0.25) is 0 Å². The number of nitrogens with zero attached hydrogens (tertiary/aromatic N) is 1. The predicted molar refractivity (Wildman–Crippen MR) is 92.4 cm³/mol. The number of rotatable bonds is 5. The van der Waals surface area contributed by atoms with Crippen molar-refractivity contribution in [1.29, 1.82) is 0 Å². The van der Waals surface area contributed by atoms with Crippen molar-refractivity contribution in [2.24, 2.45) is 0 Å². The van der Waals surface area contributed by atoms with Gasteiger partial charge in [0.25, 0.3) is 0 Å². The van der Waals surface area contributed by atoms with Crippen LogP contribution in [0.25, 0.3) is 0 Å². The molecule has 2 aromatic carbocycles. The number of ether oxygens (including phenoxy) is 2. The molecule has 0 radical (unpaired) electrons. The molecule has 2 aromatic rings. The maximum absolute atomic E-state index is 11.4. The summed E-state index contributed by atoms with van der Waals surface area (Å²) in [5.74, 6) is 0.283. The van der Waals surface area contributed by atoms with Crippen molar-refractivity contribution in [3.63, 3.8) is 0 Å². The van der Waals surface area contributed by atoms with Crippen LogP contribution < -0.4 is 19.2 Å². The van der Waals surface area contributed by atoms with Crippen molar-refractivity contribution < 1.29 is 19.4 Å². The molecular weight excluding hydrogens is 332 g/mol. The minimum Gasteiger partial charge on any atom is -0.497 e. The van der Waals surface area contributed by atoms with E-state index in [9.17, 15) is 9.90 Å². The van der Waals surface area contributed by atoms with E-state index in [0.717, 1.165) is 11.3 Å². The van der Waals surface area contributed by atoms with Crippen LogP contribution in [0.5, 0.6) is 11.5 Å². The summed E-state index contributed by atoms with van der Waals surface area (Å²) in [6, 6.07) is 10.8. The lowest BCUT2D eigenvalue weighted by molar-refractivity contribution is 0.0698. The number of halogens is 1. The summed E-state index contributed by atoms with van der Waals surface area (Å²) in [7, 11) is 3.14. The molecule has 0 fully saturated rings. The van der Waals surface area contributed by atoms with Gasteiger partial charge in [0.15, 0.2) is 0 Å². The molecule has 24 heavy (non-hydrogen) atoms. The van der Waals surface area contributed by atoms with Gasteiger partial charge in [0.2, 0.25) is 0 Å². The Morgan fingerprint density at radius 1 is 1.21 bits per heavy atom. The maximum Gasteiger partial charge on any atom is 0.337 e. The van der Waals surface area contributed by atoms with Gasteiger partial charge in [-0.2, -0.15) is 0 Å². The molecule has 1 aliphatic rings. The Morgan fingerprint density at radius 3 is 2.50 bits per heavy atom. The van der Waals surface area contributed by atoms with Gasteiger partial charge in [0.1, 0.15) is 23.4 Å². The third-order valence-corrected chi connectivity index (χ3v) is 4.38. The predicted octanol–water partition coefficient (Wildman–Crippen LogP) is 3.36. The minimum absolute atomic E-state index is 0.161. The number of nitrogens with one attached hydrogen (secondary N) is 1. The van der Waals surface area contributed by atoms with Crippen LogP contribution >= 0.6 is 11.8 Å². The first kappa shape index (κ1) is 16.3. The van der Waals surface area contributed by atoms with Gasteiger partial charge in [0.05, 0.1) is 25.5 Å². The van der Waals surface area contributed by atoms with Gasteiger partial charge in [-0.25, -0.2) is 4.79 Å². The standard InChI is InChI=1S/C17H17ClN2O4/c1-23-11-5-3-10(4-6-11)9-14-19-15-12(17(21)22)7-8-13(24-2)16(15)20(14)18/h3-8,14,19H,9H2,1-2H3,(H,21,22). The molecule has 6 nitrogen and oxygen atoms in total. The molecule has 0 aromatic heterocycles. The van der Waals surface area contributed by atoms with E-state index in [1.54, 1.807) is 13.2 Å². The number of hydrogen-bond acceptors (Lipinski definition) is 5. The van der Waals surface area contributed by atoms with Crippen molar-refractivity contribution in [3.05, 3.63) is 47.5 Å². The van der Waals surface area contributed by atoms with Gasteiger partial charge in [-0.3, -0.25) is 4.42 Å². The van der Waals surface area contributed by atoms with E-state index in [1.807, 2.05) is 24.3 Å². The SMILES string of the molecule is COc1ccc(CC2Nc3c(C(=O)O)ccc(OC)c3N2Cl)cc1. The highest BCUT2D eigenvalue weighted by Crippen LogP contribution is 2.46. The van der Waals surface area contributed by atoms with Crippen LogP contribution in [0.15, 0.2) is 36.4 Å². The zero-order valence-electron chi connectivity index (χ0n) is 13.2. The van der Waals surface area contributed by atoms with Crippen LogP contribution in [0, 0.1) is 0 Å². The first-order valence-electron chi connectivity index (χ1n) is 7.34. The van der Waals surface area contributed by atoms with E-state index < -0.39 is 5.97 Å². The molecule has 1 unspecified atom stereocenters. The van der Waals surface area contributed by atoms with Gasteiger partial charge >= 0.3 is 5.97 Å². The number of anilines is 2. The fourth-order valence-electron chi connectivity index (χ4n) is 2.77. The number of methoxy groups -OCH3 is 2. The summed E-state index contributed by atoms with van der Waals surface area (Å²) >= 11 is 6.45. The van der Waals surface area contributed by atoms with Gasteiger partial charge in [-0.1, -0.05) is 12.1 Å². The maximum atomic E-state index is 11.4. The van der Waals surface area contributed by atoms with Gasteiger partial charge in [-0.15, -0.1) is 0 Å². The molecule has 0 amide bonds. The monoisotopic (exact) mass is 348 g/mol. The minimum atomic E-state index is -1.02. The van der Waals surface area contributed by atoms with E-state index in [4.69, 9.17) is 21.3 Å². The molecule has 0 saturated heterocycles. The van der Waals surface area contributed by atoms with Crippen LogP contribution in [0.4, 0.5) is 11.4 Å². The Balaban J connectivity index is 1.90. The summed E-state index contributed by atoms with van der Waals surface area (Å²) in [4.78, 5) is 11.4. The third-order valence-electron chi connectivity index (χ3n) is 3.98. The largest absolute Gasteiger partial charge is 0.497 e. The summed E-state index contributed by atoms with van der Waals surface area (Å²) in [5.41, 5.74) is 2.21. The average molecular weight is 349 g/mol. The lowest BCUT2D eigenvalue weighted by Gasteiger charge is -2.20. The van der Waals surface area contributed by atoms with Gasteiger partial charge in [-0.05, 0) is 29.8 Å². The molecule has 1 atom stereocenters. The van der Waals surface area contributed by atoms with Crippen molar-refractivity contribution in [1.82, 2.24) is 0 Å². The van der Waals surface area contributed by atoms with Crippen LogP contribution in [-0.4, -0.2) is 31.5 Å². The Kier molecular flexibility index (Phi) is 4.40. The lowest BCUT2D eigenvalue weighted by Crippen LogP contribution is -2.30. The fourth-order valence-corrected chi connectivity index (χ4v) is 3.05. The smallest absolute Gasteiger partial charge is 0.337 e. The van der Waals surface area contributed by atoms with Gasteiger partial charge in [0, 0.05) is 18.2 Å². The number of fused-ring (bicyclic) bond motifs is 1.